The van der Waals surface area contributed by atoms with E-state index < -0.39 is 0 Å². The van der Waals surface area contributed by atoms with Gasteiger partial charge in [-0.15, -0.1) is 0 Å². The molecule has 98 valence electrons. The Kier molecular flexibility index (Phi) is 6.23. The van der Waals surface area contributed by atoms with Gasteiger partial charge >= 0.3 is 0 Å². The highest BCUT2D eigenvalue weighted by atomic mass is 16.5. The maximum absolute atomic E-state index is 5.35. The Morgan fingerprint density at radius 2 is 1.94 bits per heavy atom. The van der Waals surface area contributed by atoms with Crippen LogP contribution in [0.4, 0.5) is 0 Å². The highest BCUT2D eigenvalue weighted by molar-refractivity contribution is 5.47. The summed E-state index contributed by atoms with van der Waals surface area (Å²) in [5, 5.41) is 0. The summed E-state index contributed by atoms with van der Waals surface area (Å²) >= 11 is 0. The maximum Gasteiger partial charge on any atom is 0.0944 e. The van der Waals surface area contributed by atoms with E-state index in [1.54, 1.807) is 14.2 Å². The highest BCUT2D eigenvalue weighted by Gasteiger charge is 2.02. The maximum atomic E-state index is 5.35. The van der Waals surface area contributed by atoms with Gasteiger partial charge in [-0.1, -0.05) is 36.9 Å². The number of benzene rings is 1. The van der Waals surface area contributed by atoms with Crippen molar-refractivity contribution in [3.8, 4) is 0 Å². The molecule has 0 bridgehead atoms. The first-order chi connectivity index (χ1) is 8.69. The van der Waals surface area contributed by atoms with Crippen LogP contribution in [0, 0.1) is 0 Å². The van der Waals surface area contributed by atoms with E-state index in [4.69, 9.17) is 9.47 Å². The molecule has 0 spiro atoms. The first kappa shape index (κ1) is 14.5. The molecular weight excluding hydrogens is 224 g/mol. The fourth-order valence-electron chi connectivity index (χ4n) is 1.67. The second-order valence-electron chi connectivity index (χ2n) is 4.22. The number of methoxy groups -OCH3 is 2. The standard InChI is InChI=1S/C16H22O2/c1-5-14-6-8-15(9-7-14)10-11-16(18-4)12-13(2)17-3/h5-9,12-13H,1,10-11H2,2-4H3. The van der Waals surface area contributed by atoms with E-state index in [0.29, 0.717) is 0 Å². The summed E-state index contributed by atoms with van der Waals surface area (Å²) in [6.07, 6.45) is 5.80. The van der Waals surface area contributed by atoms with E-state index in [0.717, 1.165) is 24.2 Å². The van der Waals surface area contributed by atoms with Crippen molar-refractivity contribution in [2.75, 3.05) is 14.2 Å². The average Bonchev–Trinajstić information content (AvgIpc) is 2.43. The summed E-state index contributed by atoms with van der Waals surface area (Å²) in [7, 11) is 3.40. The van der Waals surface area contributed by atoms with Crippen LogP contribution in [0.1, 0.15) is 24.5 Å². The fourth-order valence-corrected chi connectivity index (χ4v) is 1.67. The molecule has 1 atom stereocenters. The van der Waals surface area contributed by atoms with Crippen molar-refractivity contribution in [3.05, 3.63) is 53.8 Å². The lowest BCUT2D eigenvalue weighted by molar-refractivity contribution is 0.149. The van der Waals surface area contributed by atoms with Gasteiger partial charge in [0.05, 0.1) is 19.0 Å². The van der Waals surface area contributed by atoms with Gasteiger partial charge in [-0.2, -0.15) is 0 Å². The molecule has 0 radical (unpaired) electrons. The van der Waals surface area contributed by atoms with Gasteiger partial charge in [0, 0.05) is 13.5 Å². The first-order valence-electron chi connectivity index (χ1n) is 6.18. The van der Waals surface area contributed by atoms with Gasteiger partial charge in [0.2, 0.25) is 0 Å². The molecule has 0 aliphatic heterocycles. The molecule has 1 rings (SSSR count). The SMILES string of the molecule is C=Cc1ccc(CCC(=CC(C)OC)OC)cc1. The van der Waals surface area contributed by atoms with Gasteiger partial charge in [-0.25, -0.2) is 0 Å². The summed E-state index contributed by atoms with van der Waals surface area (Å²) in [6, 6.07) is 8.42. The van der Waals surface area contributed by atoms with Gasteiger partial charge in [0.25, 0.3) is 0 Å². The van der Waals surface area contributed by atoms with Crippen molar-refractivity contribution >= 4 is 6.08 Å². The molecule has 0 fully saturated rings. The second-order valence-corrected chi connectivity index (χ2v) is 4.22. The number of rotatable bonds is 7. The van der Waals surface area contributed by atoms with Crippen LogP contribution in [-0.2, 0) is 15.9 Å². The van der Waals surface area contributed by atoms with Crippen LogP contribution in [-0.4, -0.2) is 20.3 Å². The summed E-state index contributed by atoms with van der Waals surface area (Å²) in [6.45, 7) is 5.75. The zero-order chi connectivity index (χ0) is 13.4. The quantitative estimate of drug-likeness (QED) is 0.681. The molecule has 1 aromatic rings. The Balaban J connectivity index is 2.56. The molecule has 1 aromatic carbocycles. The molecule has 0 saturated carbocycles. The van der Waals surface area contributed by atoms with E-state index in [1.165, 1.54) is 5.56 Å². The lowest BCUT2D eigenvalue weighted by atomic mass is 10.1. The molecule has 0 amide bonds. The van der Waals surface area contributed by atoms with E-state index in [1.807, 2.05) is 19.1 Å². The van der Waals surface area contributed by atoms with Crippen molar-refractivity contribution in [2.24, 2.45) is 0 Å². The minimum Gasteiger partial charge on any atom is -0.501 e. The van der Waals surface area contributed by atoms with Crippen LogP contribution in [0.5, 0.6) is 0 Å². The minimum absolute atomic E-state index is 0.0862. The van der Waals surface area contributed by atoms with Crippen molar-refractivity contribution in [2.45, 2.75) is 25.9 Å². The summed E-state index contributed by atoms with van der Waals surface area (Å²) in [5.74, 6) is 0.970. The second kappa shape index (κ2) is 7.72. The summed E-state index contributed by atoms with van der Waals surface area (Å²) in [4.78, 5) is 0. The molecule has 0 aromatic heterocycles. The van der Waals surface area contributed by atoms with Gasteiger partial charge in [-0.05, 0) is 30.5 Å². The number of hydrogen-bond acceptors (Lipinski definition) is 2. The molecule has 2 heteroatoms. The molecule has 0 saturated heterocycles. The van der Waals surface area contributed by atoms with Gasteiger partial charge in [-0.3, -0.25) is 0 Å². The zero-order valence-corrected chi connectivity index (χ0v) is 11.5. The zero-order valence-electron chi connectivity index (χ0n) is 11.5. The third-order valence-corrected chi connectivity index (χ3v) is 2.93. The van der Waals surface area contributed by atoms with Gasteiger partial charge < -0.3 is 9.47 Å². The van der Waals surface area contributed by atoms with Crippen LogP contribution in [0.2, 0.25) is 0 Å². The van der Waals surface area contributed by atoms with Crippen molar-refractivity contribution < 1.29 is 9.47 Å². The van der Waals surface area contributed by atoms with Crippen LogP contribution in [0.15, 0.2) is 42.7 Å². The molecular formula is C16H22O2. The topological polar surface area (TPSA) is 18.5 Å². The largest absolute Gasteiger partial charge is 0.501 e. The Morgan fingerprint density at radius 3 is 2.44 bits per heavy atom. The molecule has 0 aliphatic carbocycles. The first-order valence-corrected chi connectivity index (χ1v) is 6.18. The van der Waals surface area contributed by atoms with Crippen LogP contribution < -0.4 is 0 Å². The molecule has 0 heterocycles. The smallest absolute Gasteiger partial charge is 0.0944 e. The Bertz CT molecular complexity index is 390. The van der Waals surface area contributed by atoms with Crippen LogP contribution >= 0.6 is 0 Å². The Hall–Kier alpha value is -1.54. The van der Waals surface area contributed by atoms with E-state index in [2.05, 4.69) is 30.8 Å². The molecule has 0 aliphatic rings. The average molecular weight is 246 g/mol. The minimum atomic E-state index is 0.0862. The fraction of sp³-hybridized carbons (Fsp3) is 0.375. The van der Waals surface area contributed by atoms with E-state index in [-0.39, 0.29) is 6.10 Å². The molecule has 18 heavy (non-hydrogen) atoms. The van der Waals surface area contributed by atoms with Crippen LogP contribution in [0.3, 0.4) is 0 Å². The normalized spacial score (nSPS) is 13.2. The lowest BCUT2D eigenvalue weighted by Gasteiger charge is -2.10. The third kappa shape index (κ3) is 4.76. The number of hydrogen-bond donors (Lipinski definition) is 0. The van der Waals surface area contributed by atoms with Crippen molar-refractivity contribution in [3.63, 3.8) is 0 Å². The monoisotopic (exact) mass is 246 g/mol. The Morgan fingerprint density at radius 1 is 1.28 bits per heavy atom. The van der Waals surface area contributed by atoms with Crippen molar-refractivity contribution in [1.82, 2.24) is 0 Å². The Labute approximate surface area is 110 Å². The lowest BCUT2D eigenvalue weighted by Crippen LogP contribution is -2.03. The predicted octanol–water partition coefficient (Wildman–Crippen LogP) is 3.83. The summed E-state index contributed by atoms with van der Waals surface area (Å²) in [5.41, 5.74) is 2.45. The van der Waals surface area contributed by atoms with Gasteiger partial charge in [0.1, 0.15) is 0 Å². The predicted molar refractivity (Wildman–Crippen MR) is 76.4 cm³/mol. The highest BCUT2D eigenvalue weighted by Crippen LogP contribution is 2.13. The van der Waals surface area contributed by atoms with Gasteiger partial charge in [0.15, 0.2) is 0 Å². The molecule has 0 N–H and O–H groups in total. The van der Waals surface area contributed by atoms with Crippen molar-refractivity contribution in [1.29, 1.82) is 0 Å². The summed E-state index contributed by atoms with van der Waals surface area (Å²) < 4.78 is 10.6. The van der Waals surface area contributed by atoms with E-state index in [9.17, 15) is 0 Å². The number of allylic oxidation sites excluding steroid dienone is 1. The number of ether oxygens (including phenoxy) is 2. The number of aryl methyl sites for hydroxylation is 1. The third-order valence-electron chi connectivity index (χ3n) is 2.93. The molecule has 1 unspecified atom stereocenters. The molecule has 2 nitrogen and oxygen atoms in total. The van der Waals surface area contributed by atoms with Crippen LogP contribution in [0.25, 0.3) is 6.08 Å². The van der Waals surface area contributed by atoms with E-state index >= 15 is 0 Å².